The standard InChI is InChI=1S/C35H36N4O3/c40-34(41)35(16-3-4-17-35)22-33-37-31-21-29(42-24-27-13-12-26-9-1-2-11-30(26)36-27)14-15-32(31)39(33)23-25-8-7-10-28(20-25)38-18-5-6-19-38/h1-2,7-15,20-21H,3-6,16-19,22-24H2,(H,40,41). The van der Waals surface area contributed by atoms with E-state index < -0.39 is 11.4 Å². The molecule has 0 bridgehead atoms. The Morgan fingerprint density at radius 2 is 1.69 bits per heavy atom. The van der Waals surface area contributed by atoms with Gasteiger partial charge in [0.25, 0.3) is 0 Å². The van der Waals surface area contributed by atoms with E-state index in [0.717, 1.165) is 65.1 Å². The van der Waals surface area contributed by atoms with E-state index in [2.05, 4.69) is 51.9 Å². The summed E-state index contributed by atoms with van der Waals surface area (Å²) >= 11 is 0. The molecular weight excluding hydrogens is 524 g/mol. The molecule has 2 aliphatic rings. The van der Waals surface area contributed by atoms with Crippen LogP contribution in [0, 0.1) is 5.41 Å². The Morgan fingerprint density at radius 1 is 0.857 bits per heavy atom. The Morgan fingerprint density at radius 3 is 2.52 bits per heavy atom. The predicted octanol–water partition coefficient (Wildman–Crippen LogP) is 7.00. The van der Waals surface area contributed by atoms with E-state index in [1.807, 2.05) is 36.4 Å². The largest absolute Gasteiger partial charge is 0.487 e. The van der Waals surface area contributed by atoms with E-state index in [1.54, 1.807) is 0 Å². The van der Waals surface area contributed by atoms with Crippen LogP contribution in [-0.4, -0.2) is 38.7 Å². The number of carbonyl (C=O) groups is 1. The quantitative estimate of drug-likeness (QED) is 0.209. The van der Waals surface area contributed by atoms with Crippen molar-refractivity contribution in [1.29, 1.82) is 0 Å². The molecule has 7 rings (SSSR count). The molecule has 0 atom stereocenters. The lowest BCUT2D eigenvalue weighted by Gasteiger charge is -2.24. The van der Waals surface area contributed by atoms with Crippen molar-refractivity contribution in [2.24, 2.45) is 5.41 Å². The number of anilines is 1. The first kappa shape index (κ1) is 26.5. The molecule has 1 N–H and O–H groups in total. The Hall–Kier alpha value is -4.39. The van der Waals surface area contributed by atoms with Crippen LogP contribution in [-0.2, 0) is 24.4 Å². The second-order valence-corrected chi connectivity index (χ2v) is 11.9. The second-order valence-electron chi connectivity index (χ2n) is 11.9. The summed E-state index contributed by atoms with van der Waals surface area (Å²) < 4.78 is 8.39. The number of carboxylic acids is 1. The number of fused-ring (bicyclic) bond motifs is 2. The molecule has 1 saturated carbocycles. The molecule has 1 aliphatic heterocycles. The highest BCUT2D eigenvalue weighted by Crippen LogP contribution is 2.42. The third-order valence-electron chi connectivity index (χ3n) is 9.07. The minimum absolute atomic E-state index is 0.356. The fourth-order valence-electron chi connectivity index (χ4n) is 6.74. The van der Waals surface area contributed by atoms with Crippen LogP contribution in [0.1, 0.15) is 55.6 Å². The number of hydrogen-bond donors (Lipinski definition) is 1. The van der Waals surface area contributed by atoms with Gasteiger partial charge >= 0.3 is 5.97 Å². The molecule has 0 radical (unpaired) electrons. The van der Waals surface area contributed by atoms with Gasteiger partial charge in [0.2, 0.25) is 0 Å². The zero-order chi connectivity index (χ0) is 28.5. The van der Waals surface area contributed by atoms with Gasteiger partial charge in [-0.05, 0) is 67.6 Å². The van der Waals surface area contributed by atoms with Crippen LogP contribution < -0.4 is 9.64 Å². The van der Waals surface area contributed by atoms with Gasteiger partial charge in [-0.1, -0.05) is 49.2 Å². The number of nitrogens with zero attached hydrogens (tertiary/aromatic N) is 4. The molecule has 2 fully saturated rings. The summed E-state index contributed by atoms with van der Waals surface area (Å²) in [5.74, 6) is 0.842. The number of carboxylic acid groups (broad SMARTS) is 1. The molecule has 42 heavy (non-hydrogen) atoms. The van der Waals surface area contributed by atoms with Crippen molar-refractivity contribution in [2.45, 2.75) is 58.1 Å². The van der Waals surface area contributed by atoms with Gasteiger partial charge in [-0.15, -0.1) is 0 Å². The minimum atomic E-state index is -0.752. The SMILES string of the molecule is O=C(O)C1(Cc2nc3cc(OCc4ccc5ccccc5n4)ccc3n2Cc2cccc(N3CCCC3)c2)CCCC1. The summed E-state index contributed by atoms with van der Waals surface area (Å²) in [6, 6.07) is 26.9. The van der Waals surface area contributed by atoms with Gasteiger partial charge in [0.05, 0.1) is 27.7 Å². The van der Waals surface area contributed by atoms with Gasteiger partial charge < -0.3 is 19.3 Å². The fourth-order valence-corrected chi connectivity index (χ4v) is 6.74. The molecule has 1 aliphatic carbocycles. The maximum Gasteiger partial charge on any atom is 0.310 e. The van der Waals surface area contributed by atoms with Crippen LogP contribution >= 0.6 is 0 Å². The molecular formula is C35H36N4O3. The molecule has 3 aromatic carbocycles. The van der Waals surface area contributed by atoms with Gasteiger partial charge in [-0.3, -0.25) is 4.79 Å². The highest BCUT2D eigenvalue weighted by molar-refractivity contribution is 5.80. The lowest BCUT2D eigenvalue weighted by Crippen LogP contribution is -2.31. The average Bonchev–Trinajstić information content (AvgIpc) is 3.78. The maximum atomic E-state index is 12.5. The molecule has 1 saturated heterocycles. The number of ether oxygens (including phenoxy) is 1. The zero-order valence-electron chi connectivity index (χ0n) is 23.8. The van der Waals surface area contributed by atoms with E-state index in [4.69, 9.17) is 14.7 Å². The van der Waals surface area contributed by atoms with E-state index in [0.29, 0.717) is 32.4 Å². The first-order valence-electron chi connectivity index (χ1n) is 15.1. The molecule has 2 aromatic heterocycles. The lowest BCUT2D eigenvalue weighted by molar-refractivity contribution is -0.148. The van der Waals surface area contributed by atoms with Crippen LogP contribution in [0.4, 0.5) is 5.69 Å². The fraction of sp³-hybridized carbons (Fsp3) is 0.343. The van der Waals surface area contributed by atoms with Crippen molar-refractivity contribution in [1.82, 2.24) is 14.5 Å². The normalized spacial score (nSPS) is 16.4. The number of para-hydroxylation sites is 1. The molecule has 5 aromatic rings. The van der Waals surface area contributed by atoms with Crippen molar-refractivity contribution in [3.8, 4) is 5.75 Å². The molecule has 0 amide bonds. The average molecular weight is 561 g/mol. The molecule has 7 heteroatoms. The molecule has 214 valence electrons. The van der Waals surface area contributed by atoms with Gasteiger partial charge in [0.15, 0.2) is 0 Å². The van der Waals surface area contributed by atoms with Gasteiger partial charge in [-0.25, -0.2) is 9.97 Å². The summed E-state index contributed by atoms with van der Waals surface area (Å²) in [5.41, 5.74) is 5.32. The number of imidazole rings is 1. The summed E-state index contributed by atoms with van der Waals surface area (Å²) in [5, 5.41) is 11.4. The number of hydrogen-bond acceptors (Lipinski definition) is 5. The Kier molecular flexibility index (Phi) is 7.02. The number of aliphatic carboxylic acids is 1. The van der Waals surface area contributed by atoms with Crippen molar-refractivity contribution in [3.05, 3.63) is 95.9 Å². The number of benzene rings is 3. The van der Waals surface area contributed by atoms with Crippen molar-refractivity contribution >= 4 is 33.6 Å². The zero-order valence-corrected chi connectivity index (χ0v) is 23.8. The second kappa shape index (κ2) is 11.1. The smallest absolute Gasteiger partial charge is 0.310 e. The van der Waals surface area contributed by atoms with Crippen LogP contribution in [0.15, 0.2) is 78.9 Å². The van der Waals surface area contributed by atoms with E-state index in [1.165, 1.54) is 24.1 Å². The topological polar surface area (TPSA) is 80.5 Å². The maximum absolute atomic E-state index is 12.5. The number of rotatable bonds is 9. The van der Waals surface area contributed by atoms with Crippen molar-refractivity contribution < 1.29 is 14.6 Å². The minimum Gasteiger partial charge on any atom is -0.487 e. The summed E-state index contributed by atoms with van der Waals surface area (Å²) in [6.45, 7) is 3.20. The van der Waals surface area contributed by atoms with E-state index in [9.17, 15) is 9.90 Å². The van der Waals surface area contributed by atoms with E-state index in [-0.39, 0.29) is 0 Å². The van der Waals surface area contributed by atoms with Crippen LogP contribution in [0.25, 0.3) is 21.9 Å². The van der Waals surface area contributed by atoms with Gasteiger partial charge in [-0.2, -0.15) is 0 Å². The third kappa shape index (κ3) is 5.20. The summed E-state index contributed by atoms with van der Waals surface area (Å²) in [7, 11) is 0. The molecule has 0 spiro atoms. The van der Waals surface area contributed by atoms with Crippen LogP contribution in [0.5, 0.6) is 5.75 Å². The Labute approximate surface area is 245 Å². The Balaban J connectivity index is 1.20. The summed E-state index contributed by atoms with van der Waals surface area (Å²) in [6.07, 6.45) is 6.20. The summed E-state index contributed by atoms with van der Waals surface area (Å²) in [4.78, 5) is 24.7. The highest BCUT2D eigenvalue weighted by Gasteiger charge is 2.42. The number of aromatic nitrogens is 3. The molecule has 3 heterocycles. The monoisotopic (exact) mass is 560 g/mol. The predicted molar refractivity (Wildman–Crippen MR) is 165 cm³/mol. The van der Waals surface area contributed by atoms with Gasteiger partial charge in [0.1, 0.15) is 18.2 Å². The first-order valence-corrected chi connectivity index (χ1v) is 15.1. The van der Waals surface area contributed by atoms with Crippen molar-refractivity contribution in [2.75, 3.05) is 18.0 Å². The number of pyridine rings is 1. The third-order valence-corrected chi connectivity index (χ3v) is 9.07. The first-order chi connectivity index (χ1) is 20.6. The van der Waals surface area contributed by atoms with E-state index >= 15 is 0 Å². The van der Waals surface area contributed by atoms with Crippen LogP contribution in [0.3, 0.4) is 0 Å². The molecule has 0 unspecified atom stereocenters. The lowest BCUT2D eigenvalue weighted by atomic mass is 9.82. The molecule has 7 nitrogen and oxygen atoms in total. The highest BCUT2D eigenvalue weighted by atomic mass is 16.5. The Bertz CT molecular complexity index is 1750. The van der Waals surface area contributed by atoms with Gasteiger partial charge in [0, 0.05) is 43.2 Å². The van der Waals surface area contributed by atoms with Crippen LogP contribution in [0.2, 0.25) is 0 Å². The van der Waals surface area contributed by atoms with Crippen molar-refractivity contribution in [3.63, 3.8) is 0 Å².